The van der Waals surface area contributed by atoms with Crippen molar-refractivity contribution >= 4 is 17.5 Å². The lowest BCUT2D eigenvalue weighted by atomic mass is 9.95. The maximum Gasteiger partial charge on any atom is 0.279 e. The number of aromatic hydroxyl groups is 1. The van der Waals surface area contributed by atoms with E-state index in [0.717, 1.165) is 25.7 Å². The van der Waals surface area contributed by atoms with Crippen molar-refractivity contribution in [3.8, 4) is 5.75 Å². The lowest BCUT2D eigenvalue weighted by Crippen LogP contribution is -3.00. The number of anilines is 1. The molecule has 1 aromatic rings. The number of phenolic OH excluding ortho intramolecular Hbond substituents is 1. The fourth-order valence-electron chi connectivity index (χ4n) is 4.17. The Morgan fingerprint density at radius 1 is 1.00 bits per heavy atom. The number of nitrogens with one attached hydrogen (secondary N) is 2. The smallest absolute Gasteiger partial charge is 0.279 e. The van der Waals surface area contributed by atoms with Crippen molar-refractivity contribution in [3.05, 3.63) is 23.8 Å². The van der Waals surface area contributed by atoms with Gasteiger partial charge >= 0.3 is 0 Å². The number of phenols is 1. The van der Waals surface area contributed by atoms with Gasteiger partial charge in [-0.05, 0) is 50.7 Å². The fraction of sp³-hybridized carbons (Fsp3) is 0.619. The van der Waals surface area contributed by atoms with Gasteiger partial charge in [0.05, 0.1) is 11.6 Å². The molecular weight excluding hydrogens is 378 g/mol. The minimum absolute atomic E-state index is 0. The molecule has 2 saturated carbocycles. The molecule has 7 heteroatoms. The van der Waals surface area contributed by atoms with Crippen LogP contribution in [0, 0.1) is 0 Å². The average Bonchev–Trinajstić information content (AvgIpc) is 2.68. The third-order valence-corrected chi connectivity index (χ3v) is 5.75. The number of nitrogens with two attached hydrogens (primary N) is 1. The van der Waals surface area contributed by atoms with Crippen molar-refractivity contribution < 1.29 is 32.4 Å². The summed E-state index contributed by atoms with van der Waals surface area (Å²) in [6.45, 7) is 0.384. The molecule has 0 radical (unpaired) electrons. The zero-order chi connectivity index (χ0) is 19.1. The molecule has 3 rings (SSSR count). The third kappa shape index (κ3) is 6.67. The van der Waals surface area contributed by atoms with Crippen molar-refractivity contribution in [2.24, 2.45) is 0 Å². The first kappa shape index (κ1) is 22.5. The molecule has 0 aliphatic heterocycles. The van der Waals surface area contributed by atoms with E-state index < -0.39 is 0 Å². The Kier molecular flexibility index (Phi) is 9.06. The highest BCUT2D eigenvalue weighted by atomic mass is 35.5. The van der Waals surface area contributed by atoms with Crippen LogP contribution < -0.4 is 28.4 Å². The lowest BCUT2D eigenvalue weighted by Gasteiger charge is -2.23. The Bertz CT molecular complexity index is 656. The van der Waals surface area contributed by atoms with E-state index >= 15 is 0 Å². The molecule has 0 unspecified atom stereocenters. The van der Waals surface area contributed by atoms with Gasteiger partial charge in [-0.3, -0.25) is 9.59 Å². The van der Waals surface area contributed by atoms with Crippen LogP contribution in [0.15, 0.2) is 18.2 Å². The summed E-state index contributed by atoms with van der Waals surface area (Å²) in [5.41, 5.74) is 0.774. The SMILES string of the molecule is O=C(C[NH2+]C1CCCCC1)Nc1ccc(C(=O)NC2CCCCC2)c(O)c1.[Cl-]. The quantitative estimate of drug-likeness (QED) is 0.500. The van der Waals surface area contributed by atoms with E-state index in [1.807, 2.05) is 0 Å². The maximum atomic E-state index is 12.4. The van der Waals surface area contributed by atoms with Crippen LogP contribution in [0.4, 0.5) is 5.69 Å². The van der Waals surface area contributed by atoms with Gasteiger partial charge in [0.1, 0.15) is 5.75 Å². The molecule has 0 bridgehead atoms. The fourth-order valence-corrected chi connectivity index (χ4v) is 4.17. The largest absolute Gasteiger partial charge is 1.00 e. The molecule has 0 atom stereocenters. The van der Waals surface area contributed by atoms with E-state index in [9.17, 15) is 14.7 Å². The first-order chi connectivity index (χ1) is 13.1. The van der Waals surface area contributed by atoms with Gasteiger partial charge in [0.2, 0.25) is 0 Å². The number of hydrogen-bond donors (Lipinski definition) is 4. The number of benzene rings is 1. The number of carbonyl (C=O) groups excluding carboxylic acids is 2. The van der Waals surface area contributed by atoms with Gasteiger partial charge in [-0.1, -0.05) is 25.7 Å². The zero-order valence-corrected chi connectivity index (χ0v) is 17.1. The molecule has 6 nitrogen and oxygen atoms in total. The van der Waals surface area contributed by atoms with Crippen LogP contribution in [0.2, 0.25) is 0 Å². The number of halogens is 1. The Hall–Kier alpha value is -1.79. The molecule has 2 fully saturated rings. The normalized spacial score (nSPS) is 18.1. The van der Waals surface area contributed by atoms with E-state index in [4.69, 9.17) is 0 Å². The second kappa shape index (κ2) is 11.3. The van der Waals surface area contributed by atoms with E-state index in [-0.39, 0.29) is 41.6 Å². The van der Waals surface area contributed by atoms with Gasteiger partial charge in [0, 0.05) is 17.8 Å². The summed E-state index contributed by atoms with van der Waals surface area (Å²) < 4.78 is 0. The van der Waals surface area contributed by atoms with E-state index in [1.54, 1.807) is 12.1 Å². The third-order valence-electron chi connectivity index (χ3n) is 5.75. The van der Waals surface area contributed by atoms with E-state index in [1.165, 1.54) is 44.6 Å². The number of quaternary nitrogens is 1. The topological polar surface area (TPSA) is 95.0 Å². The van der Waals surface area contributed by atoms with Crippen LogP contribution in [0.3, 0.4) is 0 Å². The molecule has 0 heterocycles. The Morgan fingerprint density at radius 3 is 2.29 bits per heavy atom. The average molecular weight is 410 g/mol. The number of rotatable bonds is 6. The Morgan fingerprint density at radius 2 is 1.64 bits per heavy atom. The van der Waals surface area contributed by atoms with E-state index in [2.05, 4.69) is 16.0 Å². The lowest BCUT2D eigenvalue weighted by molar-refractivity contribution is -0.681. The van der Waals surface area contributed by atoms with Gasteiger partial charge in [-0.25, -0.2) is 0 Å². The van der Waals surface area contributed by atoms with Crippen molar-refractivity contribution in [3.63, 3.8) is 0 Å². The monoisotopic (exact) mass is 409 g/mol. The van der Waals surface area contributed by atoms with Crippen molar-refractivity contribution in [2.75, 3.05) is 11.9 Å². The molecular formula is C21H32ClN3O3. The van der Waals surface area contributed by atoms with Crippen LogP contribution in [0.5, 0.6) is 5.75 Å². The first-order valence-corrected chi connectivity index (χ1v) is 10.4. The van der Waals surface area contributed by atoms with Gasteiger partial charge in [-0.2, -0.15) is 0 Å². The van der Waals surface area contributed by atoms with Gasteiger partial charge in [0.25, 0.3) is 11.8 Å². The summed E-state index contributed by atoms with van der Waals surface area (Å²) in [5.74, 6) is -0.431. The van der Waals surface area contributed by atoms with Crippen LogP contribution in [-0.4, -0.2) is 35.5 Å². The van der Waals surface area contributed by atoms with Crippen LogP contribution >= 0.6 is 0 Å². The van der Waals surface area contributed by atoms with Gasteiger partial charge in [-0.15, -0.1) is 0 Å². The zero-order valence-electron chi connectivity index (χ0n) is 16.4. The minimum Gasteiger partial charge on any atom is -1.00 e. The summed E-state index contributed by atoms with van der Waals surface area (Å²) in [7, 11) is 0. The second-order valence-electron chi connectivity index (χ2n) is 7.93. The van der Waals surface area contributed by atoms with Crippen molar-refractivity contribution in [1.82, 2.24) is 5.32 Å². The number of amides is 2. The van der Waals surface area contributed by atoms with Crippen molar-refractivity contribution in [1.29, 1.82) is 0 Å². The predicted octanol–water partition coefficient (Wildman–Crippen LogP) is -0.707. The van der Waals surface area contributed by atoms with Crippen LogP contribution in [-0.2, 0) is 4.79 Å². The summed E-state index contributed by atoms with van der Waals surface area (Å²) in [4.78, 5) is 24.5. The van der Waals surface area contributed by atoms with Gasteiger partial charge in [0.15, 0.2) is 6.54 Å². The molecule has 5 N–H and O–H groups in total. The molecule has 2 aliphatic rings. The second-order valence-corrected chi connectivity index (χ2v) is 7.93. The molecule has 0 spiro atoms. The van der Waals surface area contributed by atoms with Crippen LogP contribution in [0.1, 0.15) is 74.6 Å². The molecule has 1 aromatic carbocycles. The molecule has 0 saturated heterocycles. The molecule has 0 aromatic heterocycles. The van der Waals surface area contributed by atoms with Crippen LogP contribution in [0.25, 0.3) is 0 Å². The maximum absolute atomic E-state index is 12.4. The Balaban J connectivity index is 0.00000280. The summed E-state index contributed by atoms with van der Waals surface area (Å²) in [5, 5.41) is 18.1. The highest BCUT2D eigenvalue weighted by Crippen LogP contribution is 2.23. The predicted molar refractivity (Wildman–Crippen MR) is 105 cm³/mol. The summed E-state index contributed by atoms with van der Waals surface area (Å²) >= 11 is 0. The van der Waals surface area contributed by atoms with E-state index in [0.29, 0.717) is 18.3 Å². The highest BCUT2D eigenvalue weighted by molar-refractivity contribution is 5.98. The molecule has 28 heavy (non-hydrogen) atoms. The standard InChI is InChI=1S/C21H31N3O3.ClH/c25-19-13-17(23-20(26)14-22-15-7-3-1-4-8-15)11-12-18(19)21(27)24-16-9-5-2-6-10-16;/h11-13,15-16,22,25H,1-10,14H2,(H,23,26)(H,24,27);1H. The van der Waals surface area contributed by atoms with Crippen molar-refractivity contribution in [2.45, 2.75) is 76.3 Å². The summed E-state index contributed by atoms with van der Waals surface area (Å²) in [6, 6.07) is 5.44. The highest BCUT2D eigenvalue weighted by Gasteiger charge is 2.20. The molecule has 156 valence electrons. The number of carbonyl (C=O) groups is 2. The minimum atomic E-state index is -0.247. The summed E-state index contributed by atoms with van der Waals surface area (Å²) in [6.07, 6.45) is 11.7. The number of hydrogen-bond acceptors (Lipinski definition) is 3. The molecule has 2 amide bonds. The van der Waals surface area contributed by atoms with Gasteiger partial charge < -0.3 is 33.5 Å². The Labute approximate surface area is 173 Å². The molecule has 2 aliphatic carbocycles. The first-order valence-electron chi connectivity index (χ1n) is 10.4.